The first kappa shape index (κ1) is 28.8. The molecule has 2 heterocycles. The van der Waals surface area contributed by atoms with Gasteiger partial charge in [-0.05, 0) is 56.8 Å². The molecule has 1 atom stereocenters. The van der Waals surface area contributed by atoms with E-state index in [0.717, 1.165) is 57.1 Å². The Balaban J connectivity index is 0.000000319. The molecule has 202 valence electrons. The van der Waals surface area contributed by atoms with E-state index < -0.39 is 5.54 Å². The van der Waals surface area contributed by atoms with Gasteiger partial charge in [-0.3, -0.25) is 14.5 Å². The van der Waals surface area contributed by atoms with E-state index in [1.54, 1.807) is 0 Å². The summed E-state index contributed by atoms with van der Waals surface area (Å²) >= 11 is 0. The van der Waals surface area contributed by atoms with Crippen LogP contribution in [-0.2, 0) is 20.7 Å². The summed E-state index contributed by atoms with van der Waals surface area (Å²) in [4.78, 5) is 30.8. The number of carbonyl (C=O) groups excluding carboxylic acids is 2. The van der Waals surface area contributed by atoms with Gasteiger partial charge in [0, 0.05) is 43.9 Å². The van der Waals surface area contributed by atoms with Crippen molar-refractivity contribution in [1.29, 1.82) is 0 Å². The molecule has 7 nitrogen and oxygen atoms in total. The predicted molar refractivity (Wildman–Crippen MR) is 148 cm³/mol. The van der Waals surface area contributed by atoms with Gasteiger partial charge in [-0.2, -0.15) is 0 Å². The van der Waals surface area contributed by atoms with E-state index in [1.807, 2.05) is 56.3 Å². The summed E-state index contributed by atoms with van der Waals surface area (Å²) in [6, 6.07) is 18.4. The fraction of sp³-hybridized carbons (Fsp3) is 0.533. The molecule has 7 heteroatoms. The van der Waals surface area contributed by atoms with Crippen molar-refractivity contribution in [2.24, 2.45) is 0 Å². The number of benzene rings is 2. The number of carbonyl (C=O) groups is 2. The summed E-state index contributed by atoms with van der Waals surface area (Å²) in [7, 11) is 4.01. The molecular formula is C30H43N3O4. The summed E-state index contributed by atoms with van der Waals surface area (Å²) < 4.78 is 10.5. The molecule has 1 unspecified atom stereocenters. The SMILES string of the molecule is CCC(=O)N1CCOCC1.CCC(Cc1ccccc1)(C(=O)c1ccc(N2CCOCC2)cc1)N(C)C. The number of amides is 1. The van der Waals surface area contributed by atoms with Crippen molar-refractivity contribution >= 4 is 17.4 Å². The molecule has 0 aliphatic carbocycles. The third-order valence-corrected chi connectivity index (χ3v) is 7.37. The minimum atomic E-state index is -0.540. The molecule has 0 saturated carbocycles. The van der Waals surface area contributed by atoms with Crippen molar-refractivity contribution in [2.45, 2.75) is 38.6 Å². The predicted octanol–water partition coefficient (Wildman–Crippen LogP) is 3.91. The Morgan fingerprint density at radius 3 is 1.92 bits per heavy atom. The number of hydrogen-bond acceptors (Lipinski definition) is 6. The Hall–Kier alpha value is -2.74. The number of rotatable bonds is 8. The van der Waals surface area contributed by atoms with Crippen LogP contribution in [-0.4, -0.2) is 93.7 Å². The lowest BCUT2D eigenvalue weighted by Crippen LogP contribution is -2.52. The van der Waals surface area contributed by atoms with Gasteiger partial charge in [0.2, 0.25) is 5.91 Å². The molecule has 0 N–H and O–H groups in total. The maximum atomic E-state index is 13.6. The number of morpholine rings is 2. The maximum absolute atomic E-state index is 13.6. The molecule has 37 heavy (non-hydrogen) atoms. The molecular weight excluding hydrogens is 466 g/mol. The number of ketones is 1. The highest BCUT2D eigenvalue weighted by atomic mass is 16.5. The van der Waals surface area contributed by atoms with E-state index >= 15 is 0 Å². The molecule has 1 amide bonds. The van der Waals surface area contributed by atoms with E-state index in [9.17, 15) is 9.59 Å². The second kappa shape index (κ2) is 14.3. The standard InChI is InChI=1S/C23H30N2O2.C7H13NO2/c1-4-23(24(2)3,18-19-8-6-5-7-9-19)22(26)20-10-12-21(13-11-20)25-14-16-27-17-15-25;1-2-7(9)8-3-5-10-6-4-8/h5-13H,4,14-18H2,1-3H3;2-6H2,1H3. The van der Waals surface area contributed by atoms with E-state index in [4.69, 9.17) is 9.47 Å². The largest absolute Gasteiger partial charge is 0.378 e. The fourth-order valence-electron chi connectivity index (χ4n) is 4.93. The molecule has 2 aromatic rings. The molecule has 0 bridgehead atoms. The zero-order valence-electron chi connectivity index (χ0n) is 22.9. The smallest absolute Gasteiger partial charge is 0.222 e. The van der Waals surface area contributed by atoms with Crippen molar-refractivity contribution < 1.29 is 19.1 Å². The van der Waals surface area contributed by atoms with Crippen LogP contribution in [0.15, 0.2) is 54.6 Å². The normalized spacial score (nSPS) is 17.5. The van der Waals surface area contributed by atoms with Crippen LogP contribution in [0, 0.1) is 0 Å². The Morgan fingerprint density at radius 1 is 0.838 bits per heavy atom. The Labute approximate surface area is 222 Å². The molecule has 2 aliphatic rings. The summed E-state index contributed by atoms with van der Waals surface area (Å²) in [6.45, 7) is 10.3. The molecule has 2 aromatic carbocycles. The fourth-order valence-corrected chi connectivity index (χ4v) is 4.93. The van der Waals surface area contributed by atoms with Crippen LogP contribution in [0.3, 0.4) is 0 Å². The Kier molecular flexibility index (Phi) is 11.1. The lowest BCUT2D eigenvalue weighted by atomic mass is 9.80. The lowest BCUT2D eigenvalue weighted by Gasteiger charge is -2.38. The van der Waals surface area contributed by atoms with Gasteiger partial charge < -0.3 is 19.3 Å². The van der Waals surface area contributed by atoms with Crippen LogP contribution < -0.4 is 4.90 Å². The summed E-state index contributed by atoms with van der Waals surface area (Å²) in [6.07, 6.45) is 2.08. The van der Waals surface area contributed by atoms with Gasteiger partial charge in [0.15, 0.2) is 5.78 Å². The highest BCUT2D eigenvalue weighted by Crippen LogP contribution is 2.28. The van der Waals surface area contributed by atoms with E-state index in [-0.39, 0.29) is 11.7 Å². The third-order valence-electron chi connectivity index (χ3n) is 7.37. The Morgan fingerprint density at radius 2 is 1.41 bits per heavy atom. The van der Waals surface area contributed by atoms with Crippen LogP contribution in [0.5, 0.6) is 0 Å². The zero-order valence-corrected chi connectivity index (χ0v) is 22.9. The minimum Gasteiger partial charge on any atom is -0.378 e. The number of ether oxygens (including phenoxy) is 2. The quantitative estimate of drug-likeness (QED) is 0.503. The van der Waals surface area contributed by atoms with Crippen LogP contribution in [0.25, 0.3) is 0 Å². The summed E-state index contributed by atoms with van der Waals surface area (Å²) in [5.74, 6) is 0.427. The van der Waals surface area contributed by atoms with Gasteiger partial charge in [-0.15, -0.1) is 0 Å². The van der Waals surface area contributed by atoms with E-state index in [2.05, 4.69) is 41.0 Å². The number of anilines is 1. The van der Waals surface area contributed by atoms with Crippen LogP contribution in [0.1, 0.15) is 42.6 Å². The lowest BCUT2D eigenvalue weighted by molar-refractivity contribution is -0.134. The van der Waals surface area contributed by atoms with Crippen molar-refractivity contribution in [2.75, 3.05) is 71.6 Å². The monoisotopic (exact) mass is 509 g/mol. The van der Waals surface area contributed by atoms with E-state index in [0.29, 0.717) is 26.1 Å². The first-order chi connectivity index (χ1) is 17.9. The number of nitrogens with zero attached hydrogens (tertiary/aromatic N) is 3. The van der Waals surface area contributed by atoms with Crippen molar-refractivity contribution in [3.8, 4) is 0 Å². The molecule has 2 saturated heterocycles. The number of Topliss-reactive ketones (excluding diaryl/α,β-unsaturated/α-hetero) is 1. The maximum Gasteiger partial charge on any atom is 0.222 e. The topological polar surface area (TPSA) is 62.3 Å². The summed E-state index contributed by atoms with van der Waals surface area (Å²) in [5, 5.41) is 0. The van der Waals surface area contributed by atoms with Gasteiger partial charge in [0.1, 0.15) is 0 Å². The number of likely N-dealkylation sites (N-methyl/N-ethyl adjacent to an activating group) is 1. The van der Waals surface area contributed by atoms with Crippen molar-refractivity contribution in [3.63, 3.8) is 0 Å². The highest BCUT2D eigenvalue weighted by molar-refractivity contribution is 6.03. The van der Waals surface area contributed by atoms with Gasteiger partial charge >= 0.3 is 0 Å². The number of hydrogen-bond donors (Lipinski definition) is 0. The van der Waals surface area contributed by atoms with Gasteiger partial charge in [0.25, 0.3) is 0 Å². The molecule has 4 rings (SSSR count). The molecule has 2 aliphatic heterocycles. The Bertz CT molecular complexity index is 968. The summed E-state index contributed by atoms with van der Waals surface area (Å²) in [5.41, 5.74) is 2.58. The zero-order chi connectivity index (χ0) is 26.7. The van der Waals surface area contributed by atoms with Crippen molar-refractivity contribution in [3.05, 3.63) is 65.7 Å². The first-order valence-corrected chi connectivity index (χ1v) is 13.5. The first-order valence-electron chi connectivity index (χ1n) is 13.5. The average molecular weight is 510 g/mol. The van der Waals surface area contributed by atoms with Crippen LogP contribution in [0.2, 0.25) is 0 Å². The third kappa shape index (κ3) is 7.63. The minimum absolute atomic E-state index is 0.187. The van der Waals surface area contributed by atoms with Gasteiger partial charge in [0.05, 0.1) is 32.0 Å². The van der Waals surface area contributed by atoms with Gasteiger partial charge in [-0.25, -0.2) is 0 Å². The molecule has 0 aromatic heterocycles. The second-order valence-electron chi connectivity index (χ2n) is 9.76. The average Bonchev–Trinajstić information content (AvgIpc) is 2.97. The van der Waals surface area contributed by atoms with Crippen LogP contribution >= 0.6 is 0 Å². The second-order valence-corrected chi connectivity index (χ2v) is 9.76. The van der Waals surface area contributed by atoms with Crippen molar-refractivity contribution in [1.82, 2.24) is 9.80 Å². The van der Waals surface area contributed by atoms with Gasteiger partial charge in [-0.1, -0.05) is 44.2 Å². The molecule has 2 fully saturated rings. The molecule has 0 radical (unpaired) electrons. The highest BCUT2D eigenvalue weighted by Gasteiger charge is 2.39. The van der Waals surface area contributed by atoms with E-state index in [1.165, 1.54) is 5.56 Å². The molecule has 0 spiro atoms. The van der Waals surface area contributed by atoms with Crippen LogP contribution in [0.4, 0.5) is 5.69 Å².